The van der Waals surface area contributed by atoms with Gasteiger partial charge in [0, 0.05) is 46.4 Å². The van der Waals surface area contributed by atoms with Crippen LogP contribution < -0.4 is 21.3 Å². The molecule has 0 saturated carbocycles. The molecule has 0 radical (unpaired) electrons. The average molecular weight is 1090 g/mol. The fourth-order valence-electron chi connectivity index (χ4n) is 10.5. The minimum atomic E-state index is -1.97. The number of aliphatic hydroxyl groups is 1. The molecule has 8 amide bonds. The zero-order chi connectivity index (χ0) is 58.5. The van der Waals surface area contributed by atoms with E-state index in [1.165, 1.54) is 49.7 Å². The SMILES string of the molecule is CCC(C)C1OC(=O)[C@H](C(C)(C)O)N(C)C(=O)[C@H](CC(C)C)NC(=O)[C@H](C(C)C)NC(=O)[C@H]([C@H](C)CC)NC(=O)[C@@H]2CCCN2C(=O)[C@H](Cc2ccccc2)N(C)C(=O)[C@H](Cc2ccccc2)NC(=O)[C@H](C(C)C)N(C)C1=O. The summed E-state index contributed by atoms with van der Waals surface area (Å²) in [6.45, 7) is 20.5. The third kappa shape index (κ3) is 16.3. The maximum absolute atomic E-state index is 15.2. The molecule has 2 aromatic rings. The lowest BCUT2D eigenvalue weighted by atomic mass is 9.94. The van der Waals surface area contributed by atoms with Crippen LogP contribution in [0.2, 0.25) is 0 Å². The van der Waals surface area contributed by atoms with Crippen LogP contribution in [0.3, 0.4) is 0 Å². The van der Waals surface area contributed by atoms with Crippen molar-refractivity contribution in [2.75, 3.05) is 27.7 Å². The van der Waals surface area contributed by atoms with Gasteiger partial charge in [-0.25, -0.2) is 4.79 Å². The molecule has 0 bridgehead atoms. The van der Waals surface area contributed by atoms with Gasteiger partial charge >= 0.3 is 5.97 Å². The Morgan fingerprint density at radius 2 is 1.10 bits per heavy atom. The summed E-state index contributed by atoms with van der Waals surface area (Å²) in [5, 5.41) is 23.2. The van der Waals surface area contributed by atoms with Gasteiger partial charge < -0.3 is 50.7 Å². The number of nitrogens with zero attached hydrogens (tertiary/aromatic N) is 4. The summed E-state index contributed by atoms with van der Waals surface area (Å²) < 4.78 is 6.08. The van der Waals surface area contributed by atoms with E-state index < -0.39 is 137 Å². The zero-order valence-corrected chi connectivity index (χ0v) is 48.8. The Balaban J connectivity index is 1.95. The van der Waals surface area contributed by atoms with Gasteiger partial charge in [0.05, 0.1) is 5.60 Å². The molecule has 4 rings (SSSR count). The second kappa shape index (κ2) is 28.5. The van der Waals surface area contributed by atoms with Crippen molar-refractivity contribution in [3.8, 4) is 0 Å². The van der Waals surface area contributed by atoms with E-state index in [4.69, 9.17) is 4.74 Å². The van der Waals surface area contributed by atoms with Crippen molar-refractivity contribution in [1.82, 2.24) is 40.9 Å². The first-order chi connectivity index (χ1) is 36.5. The standard InChI is InChI=1S/C59H90N8O11/c1-16-37(9)46-52(70)62-45(35(5)6)51(69)60-41(31-34(3)4)55(73)66(15)49(59(11,12)77)58(76)78-48(38(10)17-2)57(75)65(14)47(36(7)8)53(71)61-42(32-39-25-20-18-21-26-39)54(72)64(13)44(33-40-27-22-19-23-28-40)56(74)67-30-24-29-43(67)50(68)63-46/h18-23,25-28,34-38,41-49,77H,16-17,24,29-33H2,1-15H3,(H,60,69)(H,61,71)(H,62,70)(H,63,68)/t37-,38?,41+,42+,43+,44+,45+,46+,47+,48?,49-/m1/s1. The summed E-state index contributed by atoms with van der Waals surface area (Å²) >= 11 is 0. The van der Waals surface area contributed by atoms with Gasteiger partial charge in [0.2, 0.25) is 41.4 Å². The molecule has 0 spiro atoms. The summed E-state index contributed by atoms with van der Waals surface area (Å²) in [6, 6.07) is 8.02. The maximum Gasteiger partial charge on any atom is 0.332 e. The van der Waals surface area contributed by atoms with Gasteiger partial charge in [-0.1, -0.05) is 136 Å². The number of cyclic esters (lactones) is 1. The highest BCUT2D eigenvalue weighted by Crippen LogP contribution is 2.27. The van der Waals surface area contributed by atoms with E-state index in [1.807, 2.05) is 57.2 Å². The normalized spacial score (nSPS) is 26.6. The molecule has 2 heterocycles. The third-order valence-electron chi connectivity index (χ3n) is 15.4. The number of carbonyl (C=O) groups excluding carboxylic acids is 9. The highest BCUT2D eigenvalue weighted by molar-refractivity contribution is 5.99. The van der Waals surface area contributed by atoms with Crippen LogP contribution in [0.15, 0.2) is 60.7 Å². The molecular formula is C59H90N8O11. The predicted molar refractivity (Wildman–Crippen MR) is 297 cm³/mol. The summed E-state index contributed by atoms with van der Waals surface area (Å²) in [7, 11) is 4.19. The molecule has 0 aromatic heterocycles. The number of fused-ring (bicyclic) bond motifs is 1. The lowest BCUT2D eigenvalue weighted by molar-refractivity contribution is -0.177. The molecule has 2 saturated heterocycles. The van der Waals surface area contributed by atoms with Gasteiger partial charge in [-0.3, -0.25) is 38.4 Å². The lowest BCUT2D eigenvalue weighted by Crippen LogP contribution is -2.63. The largest absolute Gasteiger partial charge is 0.450 e. The minimum Gasteiger partial charge on any atom is -0.450 e. The highest BCUT2D eigenvalue weighted by Gasteiger charge is 2.47. The number of rotatable bonds is 13. The van der Waals surface area contributed by atoms with Gasteiger partial charge in [-0.05, 0) is 74.3 Å². The van der Waals surface area contributed by atoms with Gasteiger partial charge in [0.1, 0.15) is 42.3 Å². The summed E-state index contributed by atoms with van der Waals surface area (Å²) in [6.07, 6.45) is 0.0859. The number of carbonyl (C=O) groups is 9. The molecule has 11 atom stereocenters. The smallest absolute Gasteiger partial charge is 0.332 e. The van der Waals surface area contributed by atoms with Crippen molar-refractivity contribution < 1.29 is 53.0 Å². The number of esters is 1. The fraction of sp³-hybridized carbons (Fsp3) is 0.644. The summed E-state index contributed by atoms with van der Waals surface area (Å²) in [5.74, 6) is -8.82. The van der Waals surface area contributed by atoms with Gasteiger partial charge in [-0.15, -0.1) is 0 Å². The number of hydrogen-bond donors (Lipinski definition) is 5. The van der Waals surface area contributed by atoms with Crippen molar-refractivity contribution in [3.63, 3.8) is 0 Å². The Hall–Kier alpha value is -6.37. The molecule has 19 nitrogen and oxygen atoms in total. The van der Waals surface area contributed by atoms with Crippen molar-refractivity contribution in [2.24, 2.45) is 29.6 Å². The quantitative estimate of drug-likeness (QED) is 0.179. The van der Waals surface area contributed by atoms with Crippen molar-refractivity contribution in [2.45, 2.75) is 188 Å². The molecule has 5 N–H and O–H groups in total. The number of hydrogen-bond acceptors (Lipinski definition) is 11. The second-order valence-electron chi connectivity index (χ2n) is 23.3. The first-order valence-electron chi connectivity index (χ1n) is 27.9. The Labute approximate surface area is 462 Å². The van der Waals surface area contributed by atoms with E-state index >= 15 is 9.59 Å². The third-order valence-corrected chi connectivity index (χ3v) is 15.4. The van der Waals surface area contributed by atoms with Crippen LogP contribution in [0.4, 0.5) is 0 Å². The van der Waals surface area contributed by atoms with E-state index in [1.54, 1.807) is 72.7 Å². The van der Waals surface area contributed by atoms with Gasteiger partial charge in [0.15, 0.2) is 12.1 Å². The average Bonchev–Trinajstić information content (AvgIpc) is 3.89. The predicted octanol–water partition coefficient (Wildman–Crippen LogP) is 4.03. The number of amides is 8. The molecule has 0 aliphatic carbocycles. The van der Waals surface area contributed by atoms with Crippen molar-refractivity contribution >= 4 is 53.2 Å². The van der Waals surface area contributed by atoms with Crippen LogP contribution in [0.5, 0.6) is 0 Å². The first-order valence-corrected chi connectivity index (χ1v) is 27.9. The Morgan fingerprint density at radius 3 is 1.62 bits per heavy atom. The van der Waals surface area contributed by atoms with E-state index in [2.05, 4.69) is 21.3 Å². The molecule has 2 fully saturated rings. The van der Waals surface area contributed by atoms with Crippen molar-refractivity contribution in [3.05, 3.63) is 71.8 Å². The maximum atomic E-state index is 15.2. The molecule has 432 valence electrons. The number of benzene rings is 2. The van der Waals surface area contributed by atoms with Crippen molar-refractivity contribution in [1.29, 1.82) is 0 Å². The fourth-order valence-corrected chi connectivity index (χ4v) is 10.5. The number of likely N-dealkylation sites (N-methyl/N-ethyl adjacent to an activating group) is 3. The van der Waals surface area contributed by atoms with E-state index in [9.17, 15) is 38.7 Å². The van der Waals surface area contributed by atoms with Crippen LogP contribution in [0.25, 0.3) is 0 Å². The van der Waals surface area contributed by atoms with E-state index in [0.29, 0.717) is 24.8 Å². The molecular weight excluding hydrogens is 997 g/mol. The van der Waals surface area contributed by atoms with E-state index in [0.717, 1.165) is 10.5 Å². The second-order valence-corrected chi connectivity index (χ2v) is 23.3. The Kier molecular flexibility index (Phi) is 23.4. The van der Waals surface area contributed by atoms with Crippen LogP contribution in [0, 0.1) is 29.6 Å². The molecule has 2 aliphatic rings. The minimum absolute atomic E-state index is 0.00717. The van der Waals surface area contributed by atoms with Crippen LogP contribution in [0.1, 0.15) is 126 Å². The molecule has 2 aliphatic heterocycles. The van der Waals surface area contributed by atoms with Crippen LogP contribution >= 0.6 is 0 Å². The monoisotopic (exact) mass is 1090 g/mol. The molecule has 2 unspecified atom stereocenters. The molecule has 2 aromatic carbocycles. The van der Waals surface area contributed by atoms with Crippen LogP contribution in [-0.4, -0.2) is 166 Å². The van der Waals surface area contributed by atoms with Crippen LogP contribution in [-0.2, 0) is 60.7 Å². The molecule has 19 heteroatoms. The van der Waals surface area contributed by atoms with Gasteiger partial charge in [-0.2, -0.15) is 0 Å². The Bertz CT molecular complexity index is 2390. The lowest BCUT2D eigenvalue weighted by Gasteiger charge is -2.39. The topological polar surface area (TPSA) is 244 Å². The van der Waals surface area contributed by atoms with E-state index in [-0.39, 0.29) is 38.1 Å². The highest BCUT2D eigenvalue weighted by atomic mass is 16.6. The summed E-state index contributed by atoms with van der Waals surface area (Å²) in [4.78, 5) is 138. The Morgan fingerprint density at radius 1 is 0.590 bits per heavy atom. The number of ether oxygens (including phenoxy) is 1. The zero-order valence-electron chi connectivity index (χ0n) is 48.8. The molecule has 78 heavy (non-hydrogen) atoms. The first kappa shape index (κ1) is 64.2. The number of nitrogens with one attached hydrogen (secondary N) is 4. The summed E-state index contributed by atoms with van der Waals surface area (Å²) in [5.41, 5.74) is -0.553. The van der Waals surface area contributed by atoms with Gasteiger partial charge in [0.25, 0.3) is 5.91 Å².